The minimum Gasteiger partial charge on any atom is -0.489 e. The van der Waals surface area contributed by atoms with Gasteiger partial charge in [0, 0.05) is 10.6 Å². The maximum absolute atomic E-state index is 12.8. The highest BCUT2D eigenvalue weighted by Crippen LogP contribution is 2.60. The van der Waals surface area contributed by atoms with Gasteiger partial charge in [0.05, 0.1) is 13.2 Å². The summed E-state index contributed by atoms with van der Waals surface area (Å²) in [5.74, 6) is -1.00. The van der Waals surface area contributed by atoms with Gasteiger partial charge in [0.15, 0.2) is 5.85 Å². The molecule has 2 aromatic rings. The van der Waals surface area contributed by atoms with Gasteiger partial charge < -0.3 is 18.9 Å². The van der Waals surface area contributed by atoms with E-state index in [0.717, 1.165) is 5.56 Å². The van der Waals surface area contributed by atoms with Crippen LogP contribution in [0, 0.1) is 0 Å². The summed E-state index contributed by atoms with van der Waals surface area (Å²) in [7, 11) is -3.70. The second kappa shape index (κ2) is 9.37. The molecule has 0 aliphatic carbocycles. The second-order valence-corrected chi connectivity index (χ2v) is 7.72. The Morgan fingerprint density at radius 2 is 1.64 bits per heavy atom. The van der Waals surface area contributed by atoms with Gasteiger partial charge in [0.25, 0.3) is 0 Å². The number of aliphatic hydroxyl groups excluding tert-OH is 1. The van der Waals surface area contributed by atoms with Gasteiger partial charge >= 0.3 is 7.60 Å². The normalized spacial score (nSPS) is 12.8. The van der Waals surface area contributed by atoms with Crippen molar-refractivity contribution in [2.45, 2.75) is 26.3 Å². The molecule has 0 heterocycles. The van der Waals surface area contributed by atoms with Gasteiger partial charge in [-0.2, -0.15) is 0 Å². The summed E-state index contributed by atoms with van der Waals surface area (Å²) in [6, 6.07) is 14.1. The number of aliphatic hydroxyl groups is 1. The van der Waals surface area contributed by atoms with Crippen molar-refractivity contribution >= 4 is 19.2 Å². The van der Waals surface area contributed by atoms with Crippen molar-refractivity contribution in [1.29, 1.82) is 0 Å². The Hall–Kier alpha value is -1.36. The molecule has 25 heavy (non-hydrogen) atoms. The van der Waals surface area contributed by atoms with Crippen molar-refractivity contribution in [2.24, 2.45) is 0 Å². The number of halogens is 1. The Morgan fingerprint density at radius 3 is 2.24 bits per heavy atom. The third kappa shape index (κ3) is 5.30. The molecule has 2 aromatic carbocycles. The maximum atomic E-state index is 12.8. The first-order chi connectivity index (χ1) is 12.0. The van der Waals surface area contributed by atoms with E-state index < -0.39 is 13.4 Å². The molecule has 0 aliphatic heterocycles. The zero-order chi connectivity index (χ0) is 18.3. The first kappa shape index (κ1) is 20.0. The lowest BCUT2D eigenvalue weighted by molar-refractivity contribution is 0.147. The van der Waals surface area contributed by atoms with E-state index in [1.165, 1.54) is 0 Å². The van der Waals surface area contributed by atoms with Crippen molar-refractivity contribution < 1.29 is 23.5 Å². The van der Waals surface area contributed by atoms with Crippen LogP contribution in [0.3, 0.4) is 0 Å². The Labute approximate surface area is 153 Å². The van der Waals surface area contributed by atoms with Gasteiger partial charge in [-0.15, -0.1) is 0 Å². The Balaban J connectivity index is 2.21. The fourth-order valence-corrected chi connectivity index (χ4v) is 4.03. The first-order valence-corrected chi connectivity index (χ1v) is 10.0. The predicted octanol–water partition coefficient (Wildman–Crippen LogP) is 5.18. The average Bonchev–Trinajstić information content (AvgIpc) is 2.61. The maximum Gasteiger partial charge on any atom is 0.363 e. The van der Waals surface area contributed by atoms with E-state index in [-0.39, 0.29) is 19.8 Å². The van der Waals surface area contributed by atoms with Crippen LogP contribution in [-0.4, -0.2) is 18.3 Å². The highest BCUT2D eigenvalue weighted by Gasteiger charge is 2.37. The lowest BCUT2D eigenvalue weighted by atomic mass is 10.2. The van der Waals surface area contributed by atoms with Crippen LogP contribution in [0.2, 0.25) is 5.02 Å². The summed E-state index contributed by atoms with van der Waals surface area (Å²) in [4.78, 5) is 0. The SMILES string of the molecule is CCOP(=O)(OCC)C(O)c1ccccc1OCc1ccc(Cl)cc1. The smallest absolute Gasteiger partial charge is 0.363 e. The molecule has 0 fully saturated rings. The molecule has 0 aliphatic rings. The third-order valence-electron chi connectivity index (χ3n) is 3.42. The number of benzene rings is 2. The zero-order valence-corrected chi connectivity index (χ0v) is 15.9. The van der Waals surface area contributed by atoms with Crippen LogP contribution in [0.1, 0.15) is 30.8 Å². The van der Waals surface area contributed by atoms with E-state index >= 15 is 0 Å². The Bertz CT molecular complexity index is 710. The molecule has 1 unspecified atom stereocenters. The van der Waals surface area contributed by atoms with Crippen LogP contribution in [-0.2, 0) is 20.2 Å². The summed E-state index contributed by atoms with van der Waals surface area (Å²) in [6.45, 7) is 4.02. The minimum absolute atomic E-state index is 0.169. The largest absolute Gasteiger partial charge is 0.489 e. The topological polar surface area (TPSA) is 65.0 Å². The van der Waals surface area contributed by atoms with Crippen molar-refractivity contribution in [1.82, 2.24) is 0 Å². The molecule has 0 spiro atoms. The highest BCUT2D eigenvalue weighted by atomic mass is 35.5. The standard InChI is InChI=1S/C18H22ClO5P/c1-3-23-25(21,24-4-2)18(20)16-7-5-6-8-17(16)22-13-14-9-11-15(19)12-10-14/h5-12,18,20H,3-4,13H2,1-2H3. The molecule has 0 saturated heterocycles. The molecule has 7 heteroatoms. The predicted molar refractivity (Wildman–Crippen MR) is 98.0 cm³/mol. The Morgan fingerprint density at radius 1 is 1.04 bits per heavy atom. The van der Waals surface area contributed by atoms with Gasteiger partial charge in [0.1, 0.15) is 12.4 Å². The van der Waals surface area contributed by atoms with Crippen LogP contribution >= 0.6 is 19.2 Å². The zero-order valence-electron chi connectivity index (χ0n) is 14.2. The number of rotatable bonds is 9. The van der Waals surface area contributed by atoms with E-state index in [1.807, 2.05) is 12.1 Å². The van der Waals surface area contributed by atoms with Gasteiger partial charge in [-0.25, -0.2) is 0 Å². The van der Waals surface area contributed by atoms with Crippen LogP contribution in [0.15, 0.2) is 48.5 Å². The molecule has 0 radical (unpaired) electrons. The molecule has 0 saturated carbocycles. The summed E-state index contributed by atoms with van der Waals surface area (Å²) in [5.41, 5.74) is 1.29. The number of hydrogen-bond donors (Lipinski definition) is 1. The molecular weight excluding hydrogens is 363 g/mol. The van der Waals surface area contributed by atoms with Crippen LogP contribution < -0.4 is 4.74 Å². The molecule has 0 aromatic heterocycles. The van der Waals surface area contributed by atoms with Gasteiger partial charge in [-0.05, 0) is 37.6 Å². The van der Waals surface area contributed by atoms with E-state index in [9.17, 15) is 9.67 Å². The van der Waals surface area contributed by atoms with Crippen LogP contribution in [0.5, 0.6) is 5.75 Å². The lowest BCUT2D eigenvalue weighted by Gasteiger charge is -2.24. The molecule has 5 nitrogen and oxygen atoms in total. The van der Waals surface area contributed by atoms with E-state index in [4.69, 9.17) is 25.4 Å². The van der Waals surface area contributed by atoms with Crippen molar-refractivity contribution in [2.75, 3.05) is 13.2 Å². The monoisotopic (exact) mass is 384 g/mol. The quantitative estimate of drug-likeness (QED) is 0.604. The van der Waals surface area contributed by atoms with E-state index in [2.05, 4.69) is 0 Å². The van der Waals surface area contributed by atoms with Gasteiger partial charge in [0.2, 0.25) is 0 Å². The van der Waals surface area contributed by atoms with Crippen molar-refractivity contribution in [3.8, 4) is 5.75 Å². The molecule has 1 N–H and O–H groups in total. The molecule has 1 atom stereocenters. The molecule has 0 bridgehead atoms. The lowest BCUT2D eigenvalue weighted by Crippen LogP contribution is -2.08. The number of para-hydroxylation sites is 1. The molecular formula is C18H22ClO5P. The Kier molecular flexibility index (Phi) is 7.48. The highest BCUT2D eigenvalue weighted by molar-refractivity contribution is 7.54. The van der Waals surface area contributed by atoms with Crippen LogP contribution in [0.25, 0.3) is 0 Å². The molecule has 136 valence electrons. The summed E-state index contributed by atoms with van der Waals surface area (Å²) >= 11 is 5.87. The number of hydrogen-bond acceptors (Lipinski definition) is 5. The fraction of sp³-hybridized carbons (Fsp3) is 0.333. The molecule has 2 rings (SSSR count). The number of ether oxygens (including phenoxy) is 1. The molecule has 0 amide bonds. The van der Waals surface area contributed by atoms with Gasteiger partial charge in [-0.1, -0.05) is 41.9 Å². The minimum atomic E-state index is -3.70. The average molecular weight is 385 g/mol. The third-order valence-corrected chi connectivity index (χ3v) is 5.79. The van der Waals surface area contributed by atoms with E-state index in [0.29, 0.717) is 16.3 Å². The van der Waals surface area contributed by atoms with Crippen molar-refractivity contribution in [3.63, 3.8) is 0 Å². The summed E-state index contributed by atoms with van der Waals surface area (Å²) in [6.07, 6.45) is 0. The second-order valence-electron chi connectivity index (χ2n) is 5.20. The van der Waals surface area contributed by atoms with Crippen LogP contribution in [0.4, 0.5) is 0 Å². The van der Waals surface area contributed by atoms with Crippen molar-refractivity contribution in [3.05, 3.63) is 64.7 Å². The van der Waals surface area contributed by atoms with Gasteiger partial charge in [-0.3, -0.25) is 4.57 Å². The summed E-state index contributed by atoms with van der Waals surface area (Å²) < 4.78 is 29.1. The van der Waals surface area contributed by atoms with E-state index in [1.54, 1.807) is 50.2 Å². The summed E-state index contributed by atoms with van der Waals surface area (Å²) in [5, 5.41) is 11.3. The fourth-order valence-electron chi connectivity index (χ4n) is 2.28. The first-order valence-electron chi connectivity index (χ1n) is 8.03.